The third-order valence-electron chi connectivity index (χ3n) is 7.44. The van der Waals surface area contributed by atoms with Gasteiger partial charge in [0.05, 0.1) is 59.6 Å². The van der Waals surface area contributed by atoms with Gasteiger partial charge in [-0.1, -0.05) is 6.07 Å². The van der Waals surface area contributed by atoms with Gasteiger partial charge in [-0.3, -0.25) is 4.79 Å². The number of carbonyl (C=O) groups excluding carboxylic acids is 1. The Balaban J connectivity index is 1.23. The fourth-order valence-corrected chi connectivity index (χ4v) is 5.20. The van der Waals surface area contributed by atoms with Crippen LogP contribution in [0.2, 0.25) is 0 Å². The van der Waals surface area contributed by atoms with Crippen LogP contribution in [0.1, 0.15) is 54.8 Å². The normalized spacial score (nSPS) is 20.5. The standard InChI is InChI=1S/C27H29N9O3/c1-16-14-39-25-19(26-31-32-33-36(16)26)4-3-5-20(25)30-27(37)21-10-23(35-13-22(29-15-35)18-6-7-18)24(11-28-21)34-8-9-38-17(2)12-34/h3-5,10-11,13,15-18H,6-9,12,14H2,1-2H3,(H,30,37)/t16-,17-/m1/s1. The number of anilines is 2. The lowest BCUT2D eigenvalue weighted by Crippen LogP contribution is -2.41. The molecule has 0 spiro atoms. The van der Waals surface area contributed by atoms with E-state index < -0.39 is 0 Å². The maximum absolute atomic E-state index is 13.6. The number of tetrazole rings is 1. The number of ether oxygens (including phenoxy) is 2. The van der Waals surface area contributed by atoms with Crippen molar-refractivity contribution in [1.29, 1.82) is 0 Å². The first-order chi connectivity index (χ1) is 19.0. The molecule has 1 N–H and O–H groups in total. The maximum atomic E-state index is 13.6. The first-order valence-electron chi connectivity index (χ1n) is 13.3. The number of aromatic nitrogens is 7. The quantitative estimate of drug-likeness (QED) is 0.416. The van der Waals surface area contributed by atoms with Gasteiger partial charge in [-0.15, -0.1) is 5.10 Å². The Morgan fingerprint density at radius 3 is 2.90 bits per heavy atom. The first-order valence-corrected chi connectivity index (χ1v) is 13.3. The second kappa shape index (κ2) is 9.45. The van der Waals surface area contributed by atoms with E-state index >= 15 is 0 Å². The molecule has 12 nitrogen and oxygen atoms in total. The van der Waals surface area contributed by atoms with E-state index in [9.17, 15) is 4.79 Å². The van der Waals surface area contributed by atoms with Crippen molar-refractivity contribution in [3.05, 3.63) is 54.4 Å². The number of benzene rings is 1. The highest BCUT2D eigenvalue weighted by molar-refractivity contribution is 6.05. The average Bonchev–Trinajstić information content (AvgIpc) is 3.50. The van der Waals surface area contributed by atoms with Crippen LogP contribution in [-0.2, 0) is 4.74 Å². The Hall–Kier alpha value is -4.32. The molecule has 0 unspecified atom stereocenters. The van der Waals surface area contributed by atoms with Gasteiger partial charge in [-0.25, -0.2) is 14.6 Å². The van der Waals surface area contributed by atoms with Crippen LogP contribution in [0.5, 0.6) is 5.75 Å². The number of hydrogen-bond donors (Lipinski definition) is 1. The van der Waals surface area contributed by atoms with Crippen molar-refractivity contribution in [2.45, 2.75) is 44.8 Å². The fraction of sp³-hybridized carbons (Fsp3) is 0.407. The molecule has 39 heavy (non-hydrogen) atoms. The summed E-state index contributed by atoms with van der Waals surface area (Å²) < 4.78 is 15.6. The van der Waals surface area contributed by atoms with E-state index in [2.05, 4.69) is 48.8 Å². The number of pyridine rings is 1. The Morgan fingerprint density at radius 1 is 1.15 bits per heavy atom. The predicted octanol–water partition coefficient (Wildman–Crippen LogP) is 3.23. The van der Waals surface area contributed by atoms with Gasteiger partial charge in [-0.05, 0) is 55.3 Å². The summed E-state index contributed by atoms with van der Waals surface area (Å²) >= 11 is 0. The number of fused-ring (bicyclic) bond motifs is 3. The maximum Gasteiger partial charge on any atom is 0.274 e. The van der Waals surface area contributed by atoms with E-state index in [1.807, 2.05) is 42.1 Å². The van der Waals surface area contributed by atoms with Crippen molar-refractivity contribution in [3.8, 4) is 22.8 Å². The molecule has 12 heteroatoms. The highest BCUT2D eigenvalue weighted by atomic mass is 16.5. The smallest absolute Gasteiger partial charge is 0.274 e. The molecule has 4 aromatic rings. The fourth-order valence-electron chi connectivity index (χ4n) is 5.20. The molecular weight excluding hydrogens is 498 g/mol. The molecule has 1 saturated carbocycles. The van der Waals surface area contributed by atoms with Crippen molar-refractivity contribution >= 4 is 17.3 Å². The summed E-state index contributed by atoms with van der Waals surface area (Å²) in [4.78, 5) is 25.0. The van der Waals surface area contributed by atoms with Crippen LogP contribution < -0.4 is 15.0 Å². The van der Waals surface area contributed by atoms with Crippen LogP contribution >= 0.6 is 0 Å². The number of carbonyl (C=O) groups is 1. The van der Waals surface area contributed by atoms with E-state index in [-0.39, 0.29) is 18.1 Å². The summed E-state index contributed by atoms with van der Waals surface area (Å²) in [5.41, 5.74) is 4.44. The van der Waals surface area contributed by atoms with Crippen molar-refractivity contribution in [1.82, 2.24) is 34.7 Å². The molecule has 1 aliphatic carbocycles. The minimum absolute atomic E-state index is 0.0543. The third kappa shape index (κ3) is 4.40. The van der Waals surface area contributed by atoms with Crippen LogP contribution in [0.25, 0.3) is 17.1 Å². The number of hydrogen-bond acceptors (Lipinski definition) is 9. The van der Waals surface area contributed by atoms with Crippen LogP contribution in [0.15, 0.2) is 43.0 Å². The van der Waals surface area contributed by atoms with Crippen molar-refractivity contribution in [3.63, 3.8) is 0 Å². The highest BCUT2D eigenvalue weighted by Crippen LogP contribution is 2.40. The lowest BCUT2D eigenvalue weighted by Gasteiger charge is -2.34. The molecule has 5 heterocycles. The molecule has 2 atom stereocenters. The lowest BCUT2D eigenvalue weighted by molar-refractivity contribution is 0.0532. The number of nitrogens with zero attached hydrogens (tertiary/aromatic N) is 8. The van der Waals surface area contributed by atoms with Crippen LogP contribution in [0.4, 0.5) is 11.4 Å². The average molecular weight is 528 g/mol. The zero-order valence-electron chi connectivity index (χ0n) is 21.8. The highest BCUT2D eigenvalue weighted by Gasteiger charge is 2.28. The molecule has 2 fully saturated rings. The first kappa shape index (κ1) is 23.8. The van der Waals surface area contributed by atoms with Crippen LogP contribution in [0, 0.1) is 0 Å². The third-order valence-corrected chi connectivity index (χ3v) is 7.44. The molecule has 1 saturated heterocycles. The molecule has 3 aliphatic rings. The molecule has 2 aliphatic heterocycles. The van der Waals surface area contributed by atoms with Gasteiger partial charge in [0.15, 0.2) is 11.6 Å². The number of amides is 1. The van der Waals surface area contributed by atoms with Gasteiger partial charge in [0.25, 0.3) is 5.91 Å². The molecule has 7 rings (SSSR count). The molecule has 1 amide bonds. The number of rotatable bonds is 5. The zero-order chi connectivity index (χ0) is 26.5. The Bertz CT molecular complexity index is 1540. The Kier molecular flexibility index (Phi) is 5.76. The summed E-state index contributed by atoms with van der Waals surface area (Å²) in [6.07, 6.45) is 8.12. The molecule has 1 aromatic carbocycles. The van der Waals surface area contributed by atoms with E-state index in [1.54, 1.807) is 10.9 Å². The van der Waals surface area contributed by atoms with E-state index in [0.717, 1.165) is 35.7 Å². The summed E-state index contributed by atoms with van der Waals surface area (Å²) in [5.74, 6) is 1.32. The monoisotopic (exact) mass is 527 g/mol. The van der Waals surface area contributed by atoms with Crippen LogP contribution in [-0.4, -0.2) is 73.1 Å². The number of nitrogens with one attached hydrogen (secondary N) is 1. The number of para-hydroxylation sites is 1. The van der Waals surface area contributed by atoms with Crippen molar-refractivity contribution in [2.24, 2.45) is 0 Å². The van der Waals surface area contributed by atoms with Gasteiger partial charge in [0.2, 0.25) is 0 Å². The second-order valence-corrected chi connectivity index (χ2v) is 10.4. The molecule has 0 bridgehead atoms. The van der Waals surface area contributed by atoms with Crippen molar-refractivity contribution < 1.29 is 14.3 Å². The molecular formula is C27H29N9O3. The van der Waals surface area contributed by atoms with Gasteiger partial charge < -0.3 is 24.3 Å². The number of morpholine rings is 1. The largest absolute Gasteiger partial charge is 0.488 e. The van der Waals surface area contributed by atoms with Gasteiger partial charge in [0.1, 0.15) is 12.3 Å². The lowest BCUT2D eigenvalue weighted by atomic mass is 10.1. The second-order valence-electron chi connectivity index (χ2n) is 10.4. The number of imidazole rings is 1. The Morgan fingerprint density at radius 2 is 2.05 bits per heavy atom. The van der Waals surface area contributed by atoms with E-state index in [4.69, 9.17) is 9.47 Å². The van der Waals surface area contributed by atoms with E-state index in [0.29, 0.717) is 42.1 Å². The van der Waals surface area contributed by atoms with Gasteiger partial charge >= 0.3 is 0 Å². The minimum Gasteiger partial charge on any atom is -0.488 e. The summed E-state index contributed by atoms with van der Waals surface area (Å²) in [5, 5.41) is 15.1. The molecule has 0 radical (unpaired) electrons. The van der Waals surface area contributed by atoms with Crippen LogP contribution in [0.3, 0.4) is 0 Å². The van der Waals surface area contributed by atoms with Crippen molar-refractivity contribution in [2.75, 3.05) is 36.5 Å². The summed E-state index contributed by atoms with van der Waals surface area (Å²) in [7, 11) is 0. The van der Waals surface area contributed by atoms with Gasteiger partial charge in [0, 0.05) is 25.2 Å². The molecule has 200 valence electrons. The SMILES string of the molecule is C[C@@H]1CN(c2cnc(C(=O)Nc3cccc4c3OC[C@@H](C)n3nnnc3-4)cc2-n2cnc(C3CC3)c2)CCO1. The minimum atomic E-state index is -0.338. The summed E-state index contributed by atoms with van der Waals surface area (Å²) in [6, 6.07) is 7.31. The predicted molar refractivity (Wildman–Crippen MR) is 142 cm³/mol. The topological polar surface area (TPSA) is 125 Å². The van der Waals surface area contributed by atoms with E-state index in [1.165, 1.54) is 12.8 Å². The van der Waals surface area contributed by atoms with Gasteiger partial charge in [-0.2, -0.15) is 0 Å². The zero-order valence-corrected chi connectivity index (χ0v) is 21.8. The summed E-state index contributed by atoms with van der Waals surface area (Å²) in [6.45, 7) is 6.55. The molecule has 3 aromatic heterocycles. The Labute approximate surface area is 225 Å².